The van der Waals surface area contributed by atoms with Crippen molar-refractivity contribution in [2.45, 2.75) is 45.6 Å². The second-order valence-electron chi connectivity index (χ2n) is 8.37. The van der Waals surface area contributed by atoms with Crippen LogP contribution in [0.15, 0.2) is 51.1 Å². The van der Waals surface area contributed by atoms with Gasteiger partial charge in [0.15, 0.2) is 0 Å². The molecule has 8 nitrogen and oxygen atoms in total. The second-order valence-corrected chi connectivity index (χ2v) is 8.37. The van der Waals surface area contributed by atoms with Crippen molar-refractivity contribution in [3.8, 4) is 6.07 Å². The lowest BCUT2D eigenvalue weighted by Crippen LogP contribution is -2.38. The van der Waals surface area contributed by atoms with Crippen molar-refractivity contribution in [3.05, 3.63) is 41.7 Å². The lowest BCUT2D eigenvalue weighted by Gasteiger charge is -2.26. The first-order valence-electron chi connectivity index (χ1n) is 11.6. The number of nitrogens with zero attached hydrogens (tertiary/aromatic N) is 5. The summed E-state index contributed by atoms with van der Waals surface area (Å²) in [6.07, 6.45) is 8.19. The van der Waals surface area contributed by atoms with Gasteiger partial charge in [0.2, 0.25) is 0 Å². The monoisotopic (exact) mass is 447 g/mol. The first-order valence-corrected chi connectivity index (χ1v) is 11.6. The van der Waals surface area contributed by atoms with Gasteiger partial charge in [0.05, 0.1) is 30.9 Å². The molecule has 2 N–H and O–H groups in total. The fraction of sp³-hybridized carbons (Fsp3) is 0.480. The number of fused-ring (bicyclic) bond motifs is 1. The molecular weight excluding hydrogens is 414 g/mol. The van der Waals surface area contributed by atoms with Crippen LogP contribution in [0.4, 0.5) is 5.69 Å². The molecule has 0 aromatic heterocycles. The molecule has 0 saturated carbocycles. The Morgan fingerprint density at radius 2 is 2.12 bits per heavy atom. The maximum atomic E-state index is 12.5. The number of aliphatic imine (C=N–C) groups is 3. The zero-order valence-corrected chi connectivity index (χ0v) is 19.5. The maximum Gasteiger partial charge on any atom is 0.265 e. The van der Waals surface area contributed by atoms with Crippen molar-refractivity contribution >= 4 is 29.9 Å². The van der Waals surface area contributed by atoms with Gasteiger partial charge >= 0.3 is 0 Å². The number of hydrogen-bond donors (Lipinski definition) is 2. The number of amides is 1. The highest BCUT2D eigenvalue weighted by atomic mass is 16.1. The average molecular weight is 448 g/mol. The van der Waals surface area contributed by atoms with E-state index in [1.165, 1.54) is 11.9 Å². The van der Waals surface area contributed by atoms with Crippen molar-refractivity contribution in [3.63, 3.8) is 0 Å². The molecule has 0 radical (unpaired) electrons. The quantitative estimate of drug-likeness (QED) is 0.448. The zero-order chi connectivity index (χ0) is 23.5. The maximum absolute atomic E-state index is 12.5. The van der Waals surface area contributed by atoms with E-state index >= 15 is 0 Å². The van der Waals surface area contributed by atoms with E-state index in [0.29, 0.717) is 36.8 Å². The molecule has 8 heteroatoms. The van der Waals surface area contributed by atoms with Gasteiger partial charge < -0.3 is 15.5 Å². The topological polar surface area (TPSA) is 105 Å². The standard InChI is InChI=1S/C25H33N7O/c1-3-27-18-31-22(16-29-19(2)25(33)30-15-20-9-12-28-13-10-20)17-32-23(8-11-26)14-21-6-4-5-7-24(21)32/h3-7,16,18,20,23,28H,8-10,12-15,17H2,1-2H3,(H,30,33)/b22-16+,27-3?,29-19?,31-18?. The predicted molar refractivity (Wildman–Crippen MR) is 134 cm³/mol. The summed E-state index contributed by atoms with van der Waals surface area (Å²) in [5, 5.41) is 15.6. The lowest BCUT2D eigenvalue weighted by molar-refractivity contribution is -0.115. The number of benzene rings is 1. The fourth-order valence-electron chi connectivity index (χ4n) is 4.17. The summed E-state index contributed by atoms with van der Waals surface area (Å²) in [5.41, 5.74) is 3.40. The molecule has 1 amide bonds. The Labute approximate surface area is 196 Å². The third kappa shape index (κ3) is 7.09. The Hall–Kier alpha value is -3.31. The first kappa shape index (κ1) is 24.3. The minimum atomic E-state index is -0.159. The molecule has 1 saturated heterocycles. The van der Waals surface area contributed by atoms with Crippen molar-refractivity contribution in [2.24, 2.45) is 20.9 Å². The third-order valence-corrected chi connectivity index (χ3v) is 6.04. The van der Waals surface area contributed by atoms with Crippen LogP contribution >= 0.6 is 0 Å². The molecule has 0 aliphatic carbocycles. The van der Waals surface area contributed by atoms with E-state index in [4.69, 9.17) is 0 Å². The fourth-order valence-corrected chi connectivity index (χ4v) is 4.17. The van der Waals surface area contributed by atoms with Crippen LogP contribution in [0.5, 0.6) is 0 Å². The van der Waals surface area contributed by atoms with Crippen molar-refractivity contribution in [2.75, 3.05) is 31.1 Å². The largest absolute Gasteiger partial charge is 0.361 e. The predicted octanol–water partition coefficient (Wildman–Crippen LogP) is 2.87. The van der Waals surface area contributed by atoms with Gasteiger partial charge in [-0.05, 0) is 63.7 Å². The number of nitriles is 1. The summed E-state index contributed by atoms with van der Waals surface area (Å²) < 4.78 is 0. The number of carbonyl (C=O) groups is 1. The van der Waals surface area contributed by atoms with Crippen LogP contribution in [-0.4, -0.2) is 56.4 Å². The van der Waals surface area contributed by atoms with Crippen LogP contribution in [0.2, 0.25) is 0 Å². The van der Waals surface area contributed by atoms with Gasteiger partial charge in [0.25, 0.3) is 5.91 Å². The second kappa shape index (κ2) is 12.7. The number of hydrogen-bond acceptors (Lipinski definition) is 6. The molecule has 1 fully saturated rings. The van der Waals surface area contributed by atoms with E-state index in [0.717, 1.165) is 38.0 Å². The van der Waals surface area contributed by atoms with E-state index in [1.807, 2.05) is 19.1 Å². The number of piperidine rings is 1. The molecule has 3 rings (SSSR count). The molecule has 2 aliphatic rings. The molecule has 33 heavy (non-hydrogen) atoms. The van der Waals surface area contributed by atoms with E-state index in [9.17, 15) is 10.1 Å². The number of rotatable bonds is 9. The van der Waals surface area contributed by atoms with Gasteiger partial charge in [-0.2, -0.15) is 5.26 Å². The summed E-state index contributed by atoms with van der Waals surface area (Å²) >= 11 is 0. The highest BCUT2D eigenvalue weighted by Crippen LogP contribution is 2.33. The SMILES string of the molecule is CC=NC=N/C(=C/N=C(C)C(=O)NCC1CCNCC1)CN1c2ccccc2CC1CC#N. The van der Waals surface area contributed by atoms with Gasteiger partial charge in [0, 0.05) is 24.5 Å². The Kier molecular flexibility index (Phi) is 9.33. The number of para-hydroxylation sites is 1. The third-order valence-electron chi connectivity index (χ3n) is 6.04. The Bertz CT molecular complexity index is 967. The van der Waals surface area contributed by atoms with Crippen molar-refractivity contribution in [1.82, 2.24) is 10.6 Å². The average Bonchev–Trinajstić information content (AvgIpc) is 3.18. The van der Waals surface area contributed by atoms with Crippen molar-refractivity contribution in [1.29, 1.82) is 5.26 Å². The van der Waals surface area contributed by atoms with E-state index in [-0.39, 0.29) is 11.9 Å². The number of carbonyl (C=O) groups excluding carboxylic acids is 1. The van der Waals surface area contributed by atoms with Crippen LogP contribution in [-0.2, 0) is 11.2 Å². The van der Waals surface area contributed by atoms with Gasteiger partial charge in [-0.15, -0.1) is 0 Å². The van der Waals surface area contributed by atoms with Gasteiger partial charge in [-0.1, -0.05) is 18.2 Å². The van der Waals surface area contributed by atoms with Crippen LogP contribution in [0.25, 0.3) is 0 Å². The van der Waals surface area contributed by atoms with Crippen molar-refractivity contribution < 1.29 is 4.79 Å². The van der Waals surface area contributed by atoms with Crippen LogP contribution in [0, 0.1) is 17.2 Å². The zero-order valence-electron chi connectivity index (χ0n) is 19.5. The van der Waals surface area contributed by atoms with E-state index in [2.05, 4.69) is 48.7 Å². The highest BCUT2D eigenvalue weighted by Gasteiger charge is 2.29. The van der Waals surface area contributed by atoms with Gasteiger partial charge in [-0.25, -0.2) is 9.98 Å². The molecule has 1 aromatic carbocycles. The normalized spacial score (nSPS) is 19.8. The van der Waals surface area contributed by atoms with Crippen LogP contribution < -0.4 is 15.5 Å². The van der Waals surface area contributed by atoms with Gasteiger partial charge in [0.1, 0.15) is 12.1 Å². The lowest BCUT2D eigenvalue weighted by atomic mass is 9.98. The molecule has 1 atom stereocenters. The molecular formula is C25H33N7O. The van der Waals surface area contributed by atoms with E-state index in [1.54, 1.807) is 19.3 Å². The summed E-state index contributed by atoms with van der Waals surface area (Å²) in [5.74, 6) is 0.353. The molecule has 0 spiro atoms. The summed E-state index contributed by atoms with van der Waals surface area (Å²) in [6.45, 7) is 6.70. The molecule has 2 heterocycles. The van der Waals surface area contributed by atoms with Gasteiger partial charge in [-0.3, -0.25) is 9.79 Å². The first-order chi connectivity index (χ1) is 16.1. The number of nitrogens with one attached hydrogen (secondary N) is 2. The smallest absolute Gasteiger partial charge is 0.265 e. The summed E-state index contributed by atoms with van der Waals surface area (Å²) in [4.78, 5) is 27.6. The Morgan fingerprint density at radius 3 is 2.88 bits per heavy atom. The highest BCUT2D eigenvalue weighted by molar-refractivity contribution is 6.38. The summed E-state index contributed by atoms with van der Waals surface area (Å²) in [7, 11) is 0. The molecule has 0 bridgehead atoms. The Balaban J connectivity index is 1.72. The van der Waals surface area contributed by atoms with Crippen LogP contribution in [0.3, 0.4) is 0 Å². The minimum Gasteiger partial charge on any atom is -0.361 e. The molecule has 1 unspecified atom stereocenters. The molecule has 174 valence electrons. The molecule has 2 aliphatic heterocycles. The minimum absolute atomic E-state index is 0.0824. The summed E-state index contributed by atoms with van der Waals surface area (Å²) in [6, 6.07) is 10.6. The molecule has 1 aromatic rings. The van der Waals surface area contributed by atoms with Crippen LogP contribution in [0.1, 0.15) is 38.7 Å². The number of anilines is 1. The Morgan fingerprint density at radius 1 is 1.33 bits per heavy atom. The van der Waals surface area contributed by atoms with E-state index < -0.39 is 0 Å².